The normalized spacial score (nSPS) is 19.5. The monoisotopic (exact) mass is 314 g/mol. The van der Waals surface area contributed by atoms with Gasteiger partial charge in [0.05, 0.1) is 6.61 Å². The number of aliphatic hydroxyl groups excluding tert-OH is 1. The number of hydrogen-bond donors (Lipinski definition) is 1. The first-order valence-electron chi connectivity index (χ1n) is 7.20. The van der Waals surface area contributed by atoms with Gasteiger partial charge < -0.3 is 14.7 Å². The molecule has 1 aromatic carbocycles. The Labute approximate surface area is 128 Å². The first kappa shape index (κ1) is 16.6. The zero-order chi connectivity index (χ0) is 16.1. The van der Waals surface area contributed by atoms with Crippen LogP contribution < -0.4 is 4.74 Å². The summed E-state index contributed by atoms with van der Waals surface area (Å²) in [7, 11) is 0. The molecule has 1 amide bonds. The van der Waals surface area contributed by atoms with Gasteiger partial charge in [0.1, 0.15) is 5.75 Å². The van der Waals surface area contributed by atoms with Crippen molar-refractivity contribution in [3.63, 3.8) is 0 Å². The zero-order valence-electron chi connectivity index (χ0n) is 12.4. The van der Waals surface area contributed by atoms with Crippen molar-refractivity contribution in [1.82, 2.24) is 9.80 Å². The molecule has 22 heavy (non-hydrogen) atoms. The fraction of sp³-hybridized carbons (Fsp3) is 0.533. The van der Waals surface area contributed by atoms with E-state index in [1.807, 2.05) is 6.92 Å². The predicted octanol–water partition coefficient (Wildman–Crippen LogP) is 1.43. The van der Waals surface area contributed by atoms with Crippen molar-refractivity contribution in [2.75, 3.05) is 32.8 Å². The summed E-state index contributed by atoms with van der Waals surface area (Å²) in [5, 5.41) is 8.99. The summed E-state index contributed by atoms with van der Waals surface area (Å²) >= 11 is 0. The highest BCUT2D eigenvalue weighted by atomic mass is 19.3. The predicted molar refractivity (Wildman–Crippen MR) is 77.1 cm³/mol. The van der Waals surface area contributed by atoms with E-state index in [0.717, 1.165) is 0 Å². The number of hydrogen-bond acceptors (Lipinski definition) is 4. The van der Waals surface area contributed by atoms with E-state index in [9.17, 15) is 13.6 Å². The number of β-amino-alcohol motifs (C(OH)–C–C–N with tert-alkyl or cyclic N) is 1. The number of nitrogens with zero attached hydrogens (tertiary/aromatic N) is 2. The van der Waals surface area contributed by atoms with Crippen molar-refractivity contribution in [3.05, 3.63) is 29.8 Å². The number of aliphatic hydroxyl groups is 1. The minimum atomic E-state index is -2.91. The molecular weight excluding hydrogens is 294 g/mol. The molecule has 2 rings (SSSR count). The van der Waals surface area contributed by atoms with Crippen molar-refractivity contribution >= 4 is 5.91 Å². The maximum Gasteiger partial charge on any atom is 0.387 e. The molecule has 0 aromatic heterocycles. The average Bonchev–Trinajstić information content (AvgIpc) is 2.48. The molecule has 1 fully saturated rings. The Bertz CT molecular complexity index is 513. The van der Waals surface area contributed by atoms with Crippen molar-refractivity contribution < 1.29 is 23.4 Å². The van der Waals surface area contributed by atoms with E-state index in [-0.39, 0.29) is 24.3 Å². The van der Waals surface area contributed by atoms with Crippen LogP contribution in [0.3, 0.4) is 0 Å². The minimum Gasteiger partial charge on any atom is -0.435 e. The van der Waals surface area contributed by atoms with Gasteiger partial charge in [-0.1, -0.05) is 6.07 Å². The number of rotatable bonds is 5. The molecule has 1 aliphatic rings. The van der Waals surface area contributed by atoms with Crippen LogP contribution in [0.4, 0.5) is 8.78 Å². The molecule has 0 aliphatic carbocycles. The highest BCUT2D eigenvalue weighted by Gasteiger charge is 2.27. The minimum absolute atomic E-state index is 0.0205. The van der Waals surface area contributed by atoms with Crippen LogP contribution in [0, 0.1) is 0 Å². The highest BCUT2D eigenvalue weighted by Crippen LogP contribution is 2.19. The van der Waals surface area contributed by atoms with Crippen LogP contribution in [0.1, 0.15) is 17.3 Å². The van der Waals surface area contributed by atoms with Crippen LogP contribution in [-0.2, 0) is 0 Å². The molecule has 1 aliphatic heterocycles. The van der Waals surface area contributed by atoms with Crippen LogP contribution in [-0.4, -0.2) is 66.3 Å². The van der Waals surface area contributed by atoms with Crippen molar-refractivity contribution in [2.45, 2.75) is 19.6 Å². The second-order valence-corrected chi connectivity index (χ2v) is 5.27. The van der Waals surface area contributed by atoms with Crippen LogP contribution >= 0.6 is 0 Å². The molecule has 0 unspecified atom stereocenters. The van der Waals surface area contributed by atoms with Gasteiger partial charge in [-0.2, -0.15) is 8.78 Å². The van der Waals surface area contributed by atoms with Gasteiger partial charge >= 0.3 is 6.61 Å². The Morgan fingerprint density at radius 1 is 1.45 bits per heavy atom. The van der Waals surface area contributed by atoms with Crippen LogP contribution in [0.2, 0.25) is 0 Å². The van der Waals surface area contributed by atoms with Crippen molar-refractivity contribution in [3.8, 4) is 5.75 Å². The molecule has 1 heterocycles. The van der Waals surface area contributed by atoms with Gasteiger partial charge in [-0.3, -0.25) is 9.69 Å². The largest absolute Gasteiger partial charge is 0.435 e. The average molecular weight is 314 g/mol. The van der Waals surface area contributed by atoms with Gasteiger partial charge in [0.2, 0.25) is 0 Å². The molecule has 0 bridgehead atoms. The van der Waals surface area contributed by atoms with Gasteiger partial charge in [-0.25, -0.2) is 0 Å². The summed E-state index contributed by atoms with van der Waals surface area (Å²) in [6.07, 6.45) is 0. The highest BCUT2D eigenvalue weighted by molar-refractivity contribution is 5.94. The second kappa shape index (κ2) is 7.51. The number of alkyl halides is 2. The number of carbonyl (C=O) groups is 1. The van der Waals surface area contributed by atoms with E-state index in [0.29, 0.717) is 31.7 Å². The lowest BCUT2D eigenvalue weighted by molar-refractivity contribution is -0.0499. The first-order chi connectivity index (χ1) is 10.5. The van der Waals surface area contributed by atoms with Crippen LogP contribution in [0.25, 0.3) is 0 Å². The number of piperazine rings is 1. The Hall–Kier alpha value is -1.73. The number of amides is 1. The Morgan fingerprint density at radius 3 is 2.86 bits per heavy atom. The first-order valence-corrected chi connectivity index (χ1v) is 7.20. The molecule has 7 heteroatoms. The number of halogens is 2. The number of ether oxygens (including phenoxy) is 1. The molecule has 1 aromatic rings. The lowest BCUT2D eigenvalue weighted by Gasteiger charge is -2.39. The zero-order valence-corrected chi connectivity index (χ0v) is 12.4. The third-order valence-electron chi connectivity index (χ3n) is 3.75. The van der Waals surface area contributed by atoms with E-state index < -0.39 is 6.61 Å². The van der Waals surface area contributed by atoms with Crippen molar-refractivity contribution in [1.29, 1.82) is 0 Å². The van der Waals surface area contributed by atoms with Gasteiger partial charge in [-0.15, -0.1) is 0 Å². The standard InChI is InChI=1S/C15H20F2N2O3/c1-11-10-19(6-5-18(11)7-8-20)14(21)12-3-2-4-13(9-12)22-15(16)17/h2-4,9,11,15,20H,5-8,10H2,1H3/t11-/m1/s1. The SMILES string of the molecule is C[C@@H]1CN(C(=O)c2cccc(OC(F)F)c2)CCN1CCO. The molecule has 0 saturated carbocycles. The summed E-state index contributed by atoms with van der Waals surface area (Å²) in [4.78, 5) is 16.3. The molecule has 1 N–H and O–H groups in total. The van der Waals surface area contributed by atoms with E-state index >= 15 is 0 Å². The molecule has 1 saturated heterocycles. The van der Waals surface area contributed by atoms with E-state index in [1.54, 1.807) is 11.0 Å². The maximum atomic E-state index is 12.5. The third-order valence-corrected chi connectivity index (χ3v) is 3.75. The topological polar surface area (TPSA) is 53.0 Å². The quantitative estimate of drug-likeness (QED) is 0.893. The number of benzene rings is 1. The molecule has 1 atom stereocenters. The van der Waals surface area contributed by atoms with Gasteiger partial charge in [0.15, 0.2) is 0 Å². The third kappa shape index (κ3) is 4.14. The van der Waals surface area contributed by atoms with Crippen molar-refractivity contribution in [2.24, 2.45) is 0 Å². The summed E-state index contributed by atoms with van der Waals surface area (Å²) < 4.78 is 28.8. The van der Waals surface area contributed by atoms with Gasteiger partial charge in [0.25, 0.3) is 5.91 Å². The number of carbonyl (C=O) groups excluding carboxylic acids is 1. The maximum absolute atomic E-state index is 12.5. The van der Waals surface area contributed by atoms with Gasteiger partial charge in [-0.05, 0) is 25.1 Å². The summed E-state index contributed by atoms with van der Waals surface area (Å²) in [5.41, 5.74) is 0.334. The lowest BCUT2D eigenvalue weighted by atomic mass is 10.1. The molecule has 122 valence electrons. The second-order valence-electron chi connectivity index (χ2n) is 5.27. The Balaban J connectivity index is 2.03. The Morgan fingerprint density at radius 2 is 2.23 bits per heavy atom. The summed E-state index contributed by atoms with van der Waals surface area (Å²) in [5.74, 6) is -0.219. The van der Waals surface area contributed by atoms with E-state index in [2.05, 4.69) is 9.64 Å². The van der Waals surface area contributed by atoms with Crippen LogP contribution in [0.5, 0.6) is 5.75 Å². The fourth-order valence-corrected chi connectivity index (χ4v) is 2.63. The summed E-state index contributed by atoms with van der Waals surface area (Å²) in [6.45, 7) is 1.52. The summed E-state index contributed by atoms with van der Waals surface area (Å²) in [6, 6.07) is 5.98. The Kier molecular flexibility index (Phi) is 5.68. The van der Waals surface area contributed by atoms with Crippen LogP contribution in [0.15, 0.2) is 24.3 Å². The fourth-order valence-electron chi connectivity index (χ4n) is 2.63. The van der Waals surface area contributed by atoms with E-state index in [1.165, 1.54) is 18.2 Å². The molecule has 0 radical (unpaired) electrons. The molecule has 0 spiro atoms. The molecular formula is C15H20F2N2O3. The smallest absolute Gasteiger partial charge is 0.387 e. The van der Waals surface area contributed by atoms with Gasteiger partial charge in [0, 0.05) is 37.8 Å². The lowest BCUT2D eigenvalue weighted by Crippen LogP contribution is -2.54. The van der Waals surface area contributed by atoms with E-state index in [4.69, 9.17) is 5.11 Å². The molecule has 5 nitrogen and oxygen atoms in total.